The summed E-state index contributed by atoms with van der Waals surface area (Å²) in [6, 6.07) is 7.83. The van der Waals surface area contributed by atoms with Gasteiger partial charge in [0.25, 0.3) is 0 Å². The van der Waals surface area contributed by atoms with E-state index in [9.17, 15) is 4.79 Å². The molecule has 0 aliphatic carbocycles. The maximum absolute atomic E-state index is 12.1. The van der Waals surface area contributed by atoms with Crippen LogP contribution in [0.15, 0.2) is 24.3 Å². The van der Waals surface area contributed by atoms with E-state index in [4.69, 9.17) is 4.74 Å². The number of hydrogen-bond donors (Lipinski definition) is 0. The molecule has 0 amide bonds. The van der Waals surface area contributed by atoms with Gasteiger partial charge in [0.05, 0.1) is 5.56 Å². The molecule has 0 aromatic heterocycles. The lowest BCUT2D eigenvalue weighted by atomic mass is 9.74. The van der Waals surface area contributed by atoms with Gasteiger partial charge in [0, 0.05) is 0 Å². The molecule has 112 valence electrons. The van der Waals surface area contributed by atoms with E-state index in [1.54, 1.807) is 0 Å². The van der Waals surface area contributed by atoms with E-state index in [-0.39, 0.29) is 11.4 Å². The number of carbonyl (C=O) groups excluding carboxylic acids is 1. The summed E-state index contributed by atoms with van der Waals surface area (Å²) < 4.78 is 5.43. The van der Waals surface area contributed by atoms with Gasteiger partial charge in [-0.15, -0.1) is 0 Å². The molecule has 0 heterocycles. The van der Waals surface area contributed by atoms with Crippen molar-refractivity contribution in [3.05, 3.63) is 35.4 Å². The molecule has 1 atom stereocenters. The standard InChI is InChI=1S/C18H28O2/c1-8-18(6,7)13(2)14-10-9-11-15(12-14)16(19)20-17(3,4)5/h9-13H,8H2,1-7H3. The Kier molecular flexibility index (Phi) is 5.01. The minimum atomic E-state index is -0.457. The number of hydrogen-bond acceptors (Lipinski definition) is 2. The number of esters is 1. The first-order valence-electron chi connectivity index (χ1n) is 7.40. The average molecular weight is 276 g/mol. The van der Waals surface area contributed by atoms with Crippen LogP contribution in [0.4, 0.5) is 0 Å². The van der Waals surface area contributed by atoms with E-state index < -0.39 is 5.60 Å². The molecule has 1 rings (SSSR count). The highest BCUT2D eigenvalue weighted by molar-refractivity contribution is 5.89. The molecule has 0 spiro atoms. The summed E-state index contributed by atoms with van der Waals surface area (Å²) in [6.45, 7) is 14.6. The molecular weight excluding hydrogens is 248 g/mol. The summed E-state index contributed by atoms with van der Waals surface area (Å²) in [6.07, 6.45) is 1.10. The monoisotopic (exact) mass is 276 g/mol. The summed E-state index contributed by atoms with van der Waals surface area (Å²) in [7, 11) is 0. The third-order valence-electron chi connectivity index (χ3n) is 4.10. The van der Waals surface area contributed by atoms with Crippen molar-refractivity contribution < 1.29 is 9.53 Å². The molecule has 1 unspecified atom stereocenters. The highest BCUT2D eigenvalue weighted by atomic mass is 16.6. The lowest BCUT2D eigenvalue weighted by Gasteiger charge is -2.31. The quantitative estimate of drug-likeness (QED) is 0.708. The molecule has 0 fully saturated rings. The van der Waals surface area contributed by atoms with Gasteiger partial charge in [-0.3, -0.25) is 0 Å². The Hall–Kier alpha value is -1.31. The zero-order chi connectivity index (χ0) is 15.6. The van der Waals surface area contributed by atoms with Gasteiger partial charge in [-0.05, 0) is 49.8 Å². The van der Waals surface area contributed by atoms with E-state index in [1.165, 1.54) is 5.56 Å². The van der Waals surface area contributed by atoms with Crippen LogP contribution < -0.4 is 0 Å². The fraction of sp³-hybridized carbons (Fsp3) is 0.611. The van der Waals surface area contributed by atoms with Gasteiger partial charge in [-0.1, -0.05) is 46.2 Å². The molecule has 0 aliphatic heterocycles. The molecule has 2 heteroatoms. The van der Waals surface area contributed by atoms with E-state index in [1.807, 2.05) is 39.0 Å². The van der Waals surface area contributed by atoms with Crippen LogP contribution in [0.5, 0.6) is 0 Å². The average Bonchev–Trinajstić information content (AvgIpc) is 2.36. The Morgan fingerprint density at radius 1 is 1.20 bits per heavy atom. The molecule has 0 saturated heterocycles. The van der Waals surface area contributed by atoms with Gasteiger partial charge in [0.2, 0.25) is 0 Å². The minimum Gasteiger partial charge on any atom is -0.456 e. The van der Waals surface area contributed by atoms with Crippen molar-refractivity contribution in [3.8, 4) is 0 Å². The van der Waals surface area contributed by atoms with Gasteiger partial charge in [0.15, 0.2) is 0 Å². The Balaban J connectivity index is 3.00. The first-order chi connectivity index (χ1) is 9.07. The zero-order valence-corrected chi connectivity index (χ0v) is 13.9. The van der Waals surface area contributed by atoms with Crippen LogP contribution in [0.1, 0.15) is 76.7 Å². The molecule has 0 bridgehead atoms. The Labute approximate surface area is 123 Å². The smallest absolute Gasteiger partial charge is 0.338 e. The Morgan fingerprint density at radius 2 is 1.80 bits per heavy atom. The first-order valence-corrected chi connectivity index (χ1v) is 7.40. The highest BCUT2D eigenvalue weighted by Gasteiger charge is 2.26. The molecule has 1 aromatic carbocycles. The molecular formula is C18H28O2. The van der Waals surface area contributed by atoms with Gasteiger partial charge in [0.1, 0.15) is 5.60 Å². The van der Waals surface area contributed by atoms with Crippen molar-refractivity contribution >= 4 is 5.97 Å². The second kappa shape index (κ2) is 5.99. The summed E-state index contributed by atoms with van der Waals surface area (Å²) >= 11 is 0. The molecule has 2 nitrogen and oxygen atoms in total. The van der Waals surface area contributed by atoms with E-state index in [2.05, 4.69) is 33.8 Å². The van der Waals surface area contributed by atoms with Crippen molar-refractivity contribution in [2.24, 2.45) is 5.41 Å². The van der Waals surface area contributed by atoms with Crippen molar-refractivity contribution in [3.63, 3.8) is 0 Å². The highest BCUT2D eigenvalue weighted by Crippen LogP contribution is 2.38. The minimum absolute atomic E-state index is 0.215. The molecule has 20 heavy (non-hydrogen) atoms. The van der Waals surface area contributed by atoms with E-state index in [0.717, 1.165) is 6.42 Å². The third kappa shape index (κ3) is 4.36. The zero-order valence-electron chi connectivity index (χ0n) is 13.9. The topological polar surface area (TPSA) is 26.3 Å². The van der Waals surface area contributed by atoms with Crippen molar-refractivity contribution in [2.45, 2.75) is 66.4 Å². The first kappa shape index (κ1) is 16.7. The lowest BCUT2D eigenvalue weighted by molar-refractivity contribution is 0.00693. The summed E-state index contributed by atoms with van der Waals surface area (Å²) in [5.41, 5.74) is 1.59. The van der Waals surface area contributed by atoms with Crippen LogP contribution in [0, 0.1) is 5.41 Å². The predicted molar refractivity (Wildman–Crippen MR) is 84.1 cm³/mol. The third-order valence-corrected chi connectivity index (χ3v) is 4.10. The van der Waals surface area contributed by atoms with Crippen LogP contribution in [0.3, 0.4) is 0 Å². The van der Waals surface area contributed by atoms with Crippen molar-refractivity contribution in [2.75, 3.05) is 0 Å². The van der Waals surface area contributed by atoms with Gasteiger partial charge in [-0.25, -0.2) is 4.79 Å². The van der Waals surface area contributed by atoms with E-state index >= 15 is 0 Å². The predicted octanol–water partition coefficient (Wildman–Crippen LogP) is 5.18. The number of benzene rings is 1. The fourth-order valence-electron chi connectivity index (χ4n) is 2.03. The van der Waals surface area contributed by atoms with Gasteiger partial charge in [-0.2, -0.15) is 0 Å². The van der Waals surface area contributed by atoms with Crippen LogP contribution >= 0.6 is 0 Å². The van der Waals surface area contributed by atoms with Crippen LogP contribution in [0.25, 0.3) is 0 Å². The molecule has 0 aliphatic rings. The lowest BCUT2D eigenvalue weighted by Crippen LogP contribution is -2.24. The normalized spacial score (nSPS) is 13.9. The summed E-state index contributed by atoms with van der Waals surface area (Å²) in [5.74, 6) is 0.149. The van der Waals surface area contributed by atoms with Gasteiger partial charge >= 0.3 is 5.97 Å². The summed E-state index contributed by atoms with van der Waals surface area (Å²) in [5, 5.41) is 0. The SMILES string of the molecule is CCC(C)(C)C(C)c1cccc(C(=O)OC(C)(C)C)c1. The van der Waals surface area contributed by atoms with Crippen molar-refractivity contribution in [1.82, 2.24) is 0 Å². The van der Waals surface area contributed by atoms with Crippen LogP contribution in [-0.4, -0.2) is 11.6 Å². The maximum Gasteiger partial charge on any atom is 0.338 e. The number of rotatable bonds is 4. The second-order valence-electron chi connectivity index (χ2n) is 7.19. The Bertz CT molecular complexity index is 467. The maximum atomic E-state index is 12.1. The molecule has 1 aromatic rings. The summed E-state index contributed by atoms with van der Waals surface area (Å²) in [4.78, 5) is 12.1. The fourth-order valence-corrected chi connectivity index (χ4v) is 2.03. The second-order valence-corrected chi connectivity index (χ2v) is 7.19. The number of ether oxygens (including phenoxy) is 1. The van der Waals surface area contributed by atoms with Gasteiger partial charge < -0.3 is 4.74 Å². The largest absolute Gasteiger partial charge is 0.456 e. The Morgan fingerprint density at radius 3 is 2.30 bits per heavy atom. The van der Waals surface area contributed by atoms with Crippen LogP contribution in [-0.2, 0) is 4.74 Å². The molecule has 0 N–H and O–H groups in total. The number of carbonyl (C=O) groups is 1. The van der Waals surface area contributed by atoms with Crippen LogP contribution in [0.2, 0.25) is 0 Å². The molecule has 0 radical (unpaired) electrons. The van der Waals surface area contributed by atoms with Crippen molar-refractivity contribution in [1.29, 1.82) is 0 Å². The molecule has 0 saturated carbocycles. The van der Waals surface area contributed by atoms with E-state index in [0.29, 0.717) is 11.5 Å².